The van der Waals surface area contributed by atoms with Gasteiger partial charge < -0.3 is 14.7 Å². The van der Waals surface area contributed by atoms with Crippen LogP contribution in [0.15, 0.2) is 0 Å². The number of hydrogen-bond acceptors (Lipinski definition) is 3. The highest BCUT2D eigenvalue weighted by Gasteiger charge is 2.54. The Balaban J connectivity index is 2.04. The first kappa shape index (κ1) is 13.2. The van der Waals surface area contributed by atoms with Crippen LogP contribution in [-0.2, 0) is 9.53 Å². The van der Waals surface area contributed by atoms with E-state index in [9.17, 15) is 9.59 Å². The fraction of sp³-hybridized carbons (Fsp3) is 0.846. The highest BCUT2D eigenvalue weighted by molar-refractivity contribution is 5.72. The lowest BCUT2D eigenvalue weighted by Gasteiger charge is -2.28. The maximum atomic E-state index is 12.1. The van der Waals surface area contributed by atoms with E-state index in [-0.39, 0.29) is 24.0 Å². The van der Waals surface area contributed by atoms with Gasteiger partial charge in [-0.05, 0) is 45.4 Å². The molecule has 0 radical (unpaired) electrons. The van der Waals surface area contributed by atoms with Gasteiger partial charge in [-0.2, -0.15) is 0 Å². The molecule has 2 fully saturated rings. The lowest BCUT2D eigenvalue weighted by molar-refractivity contribution is -0.138. The largest absolute Gasteiger partial charge is 0.481 e. The number of ether oxygens (including phenoxy) is 1. The minimum Gasteiger partial charge on any atom is -0.481 e. The van der Waals surface area contributed by atoms with Crippen molar-refractivity contribution >= 4 is 12.1 Å². The molecular weight excluding hydrogens is 234 g/mol. The fourth-order valence-corrected chi connectivity index (χ4v) is 2.62. The van der Waals surface area contributed by atoms with Crippen molar-refractivity contribution in [1.82, 2.24) is 4.90 Å². The summed E-state index contributed by atoms with van der Waals surface area (Å²) < 4.78 is 5.35. The topological polar surface area (TPSA) is 66.8 Å². The van der Waals surface area contributed by atoms with Crippen LogP contribution in [-0.4, -0.2) is 40.3 Å². The van der Waals surface area contributed by atoms with Crippen LogP contribution in [0.1, 0.15) is 46.5 Å². The Kier molecular flexibility index (Phi) is 3.03. The molecule has 1 aliphatic carbocycles. The molecule has 1 N–H and O–H groups in total. The average Bonchev–Trinajstić information content (AvgIpc) is 2.79. The molecular formula is C13H21NO4. The minimum atomic E-state index is -0.855. The molecule has 2 aliphatic rings. The van der Waals surface area contributed by atoms with Crippen LogP contribution in [0.3, 0.4) is 0 Å². The third kappa shape index (κ3) is 2.94. The summed E-state index contributed by atoms with van der Waals surface area (Å²) in [6, 6.07) is -0.208. The molecule has 1 heterocycles. The van der Waals surface area contributed by atoms with Gasteiger partial charge in [-0.3, -0.25) is 4.79 Å². The first-order chi connectivity index (χ1) is 8.21. The molecule has 1 spiro atoms. The summed E-state index contributed by atoms with van der Waals surface area (Å²) in [6.07, 6.45) is 2.64. The fourth-order valence-electron chi connectivity index (χ4n) is 2.62. The van der Waals surface area contributed by atoms with Gasteiger partial charge in [0.15, 0.2) is 0 Å². The van der Waals surface area contributed by atoms with Gasteiger partial charge in [-0.1, -0.05) is 0 Å². The summed E-state index contributed by atoms with van der Waals surface area (Å²) in [5, 5.41) is 8.92. The Bertz CT molecular complexity index is 368. The van der Waals surface area contributed by atoms with Crippen molar-refractivity contribution in [3.8, 4) is 0 Å². The van der Waals surface area contributed by atoms with Crippen LogP contribution in [0.25, 0.3) is 0 Å². The van der Waals surface area contributed by atoms with Crippen molar-refractivity contribution in [2.45, 2.75) is 58.1 Å². The molecule has 5 heteroatoms. The Morgan fingerprint density at radius 3 is 2.44 bits per heavy atom. The molecule has 1 saturated heterocycles. The second-order valence-electron chi connectivity index (χ2n) is 6.56. The summed E-state index contributed by atoms with van der Waals surface area (Å²) in [6.45, 7) is 6.11. The highest BCUT2D eigenvalue weighted by Crippen LogP contribution is 2.55. The van der Waals surface area contributed by atoms with E-state index in [0.29, 0.717) is 6.54 Å². The van der Waals surface area contributed by atoms with Gasteiger partial charge in [-0.15, -0.1) is 0 Å². The second kappa shape index (κ2) is 4.14. The zero-order valence-electron chi connectivity index (χ0n) is 11.2. The summed E-state index contributed by atoms with van der Waals surface area (Å²) in [5.41, 5.74) is -0.346. The summed E-state index contributed by atoms with van der Waals surface area (Å²) in [7, 11) is 0. The number of carboxylic acids is 1. The van der Waals surface area contributed by atoms with E-state index < -0.39 is 11.6 Å². The summed E-state index contributed by atoms with van der Waals surface area (Å²) in [4.78, 5) is 24.6. The first-order valence-corrected chi connectivity index (χ1v) is 6.42. The molecule has 18 heavy (non-hydrogen) atoms. The molecule has 1 amide bonds. The molecule has 0 aromatic rings. The van der Waals surface area contributed by atoms with Crippen molar-refractivity contribution in [2.75, 3.05) is 6.54 Å². The SMILES string of the molecule is CC(C)(C)OC(=O)N1CC2(CC2)CC1CC(=O)O. The first-order valence-electron chi connectivity index (χ1n) is 6.42. The third-order valence-electron chi connectivity index (χ3n) is 3.61. The Labute approximate surface area is 107 Å². The standard InChI is InChI=1S/C13H21NO4/c1-12(2,3)18-11(17)14-8-13(4-5-13)7-9(14)6-10(15)16/h9H,4-8H2,1-3H3,(H,15,16). The van der Waals surface area contributed by atoms with Gasteiger partial charge in [0.25, 0.3) is 0 Å². The van der Waals surface area contributed by atoms with Gasteiger partial charge in [-0.25, -0.2) is 4.79 Å². The quantitative estimate of drug-likeness (QED) is 0.821. The van der Waals surface area contributed by atoms with Crippen LogP contribution in [0.5, 0.6) is 0 Å². The Morgan fingerprint density at radius 2 is 2.00 bits per heavy atom. The molecule has 0 aromatic carbocycles. The molecule has 1 aliphatic heterocycles. The Morgan fingerprint density at radius 1 is 1.39 bits per heavy atom. The molecule has 1 saturated carbocycles. The van der Waals surface area contributed by atoms with E-state index in [2.05, 4.69) is 0 Å². The van der Waals surface area contributed by atoms with E-state index in [1.54, 1.807) is 4.90 Å². The highest BCUT2D eigenvalue weighted by atomic mass is 16.6. The minimum absolute atomic E-state index is 0.0149. The Hall–Kier alpha value is -1.26. The third-order valence-corrected chi connectivity index (χ3v) is 3.61. The number of rotatable bonds is 2. The van der Waals surface area contributed by atoms with Crippen LogP contribution in [0.4, 0.5) is 4.79 Å². The molecule has 1 atom stereocenters. The number of amides is 1. The number of nitrogens with zero attached hydrogens (tertiary/aromatic N) is 1. The van der Waals surface area contributed by atoms with Crippen molar-refractivity contribution in [3.05, 3.63) is 0 Å². The maximum absolute atomic E-state index is 12.1. The maximum Gasteiger partial charge on any atom is 0.410 e. The van der Waals surface area contributed by atoms with E-state index in [1.807, 2.05) is 20.8 Å². The number of aliphatic carboxylic acids is 1. The summed E-state index contributed by atoms with van der Waals surface area (Å²) >= 11 is 0. The van der Waals surface area contributed by atoms with E-state index in [4.69, 9.17) is 9.84 Å². The van der Waals surface area contributed by atoms with Crippen LogP contribution in [0.2, 0.25) is 0 Å². The average molecular weight is 255 g/mol. The number of carbonyl (C=O) groups excluding carboxylic acids is 1. The predicted octanol–water partition coefficient (Wildman–Crippen LogP) is 2.25. The zero-order valence-corrected chi connectivity index (χ0v) is 11.2. The van der Waals surface area contributed by atoms with Crippen molar-refractivity contribution in [1.29, 1.82) is 0 Å². The van der Waals surface area contributed by atoms with E-state index in [0.717, 1.165) is 19.3 Å². The molecule has 102 valence electrons. The number of carboxylic acid groups (broad SMARTS) is 1. The van der Waals surface area contributed by atoms with Crippen molar-refractivity contribution in [3.63, 3.8) is 0 Å². The zero-order chi connectivity index (χ0) is 13.6. The van der Waals surface area contributed by atoms with Gasteiger partial charge in [0.05, 0.1) is 6.42 Å². The lowest BCUT2D eigenvalue weighted by Crippen LogP contribution is -2.40. The van der Waals surface area contributed by atoms with Gasteiger partial charge in [0.1, 0.15) is 5.60 Å². The van der Waals surface area contributed by atoms with E-state index >= 15 is 0 Å². The van der Waals surface area contributed by atoms with Crippen LogP contribution in [0, 0.1) is 5.41 Å². The smallest absolute Gasteiger partial charge is 0.410 e. The second-order valence-corrected chi connectivity index (χ2v) is 6.56. The molecule has 0 bridgehead atoms. The normalized spacial score (nSPS) is 25.3. The van der Waals surface area contributed by atoms with E-state index in [1.165, 1.54) is 0 Å². The van der Waals surface area contributed by atoms with Crippen molar-refractivity contribution < 1.29 is 19.4 Å². The monoisotopic (exact) mass is 255 g/mol. The number of carbonyl (C=O) groups is 2. The molecule has 1 unspecified atom stereocenters. The number of likely N-dealkylation sites (tertiary alicyclic amines) is 1. The van der Waals surface area contributed by atoms with Gasteiger partial charge >= 0.3 is 12.1 Å². The van der Waals surface area contributed by atoms with Gasteiger partial charge in [0, 0.05) is 12.6 Å². The van der Waals surface area contributed by atoms with Crippen LogP contribution < -0.4 is 0 Å². The molecule has 5 nitrogen and oxygen atoms in total. The lowest BCUT2D eigenvalue weighted by atomic mass is 10.0. The summed E-state index contributed by atoms with van der Waals surface area (Å²) in [5.74, 6) is -0.855. The molecule has 2 rings (SSSR count). The van der Waals surface area contributed by atoms with Crippen LogP contribution >= 0.6 is 0 Å². The van der Waals surface area contributed by atoms with Crippen molar-refractivity contribution in [2.24, 2.45) is 5.41 Å². The number of hydrogen-bond donors (Lipinski definition) is 1. The van der Waals surface area contributed by atoms with Gasteiger partial charge in [0.2, 0.25) is 0 Å². The molecule has 0 aromatic heterocycles. The predicted molar refractivity (Wildman–Crippen MR) is 65.3 cm³/mol.